The van der Waals surface area contributed by atoms with Gasteiger partial charge in [-0.05, 0) is 31.2 Å². The van der Waals surface area contributed by atoms with E-state index in [9.17, 15) is 14.4 Å². The fourth-order valence-electron chi connectivity index (χ4n) is 2.60. The Hall–Kier alpha value is -1.44. The van der Waals surface area contributed by atoms with Crippen LogP contribution in [0.3, 0.4) is 0 Å². The molecule has 8 heteroatoms. The van der Waals surface area contributed by atoms with Gasteiger partial charge in [-0.25, -0.2) is 0 Å². The van der Waals surface area contributed by atoms with E-state index in [4.69, 9.17) is 0 Å². The van der Waals surface area contributed by atoms with E-state index in [-0.39, 0.29) is 30.9 Å². The molecule has 0 saturated carbocycles. The quantitative estimate of drug-likeness (QED) is 0.756. The first-order valence-corrected chi connectivity index (χ1v) is 7.51. The molecular formula is C14H15BrClN3O3. The predicted molar refractivity (Wildman–Crippen MR) is 86.2 cm³/mol. The molecule has 2 heterocycles. The first-order valence-electron chi connectivity index (χ1n) is 6.72. The van der Waals surface area contributed by atoms with Gasteiger partial charge in [0.05, 0.1) is 11.1 Å². The van der Waals surface area contributed by atoms with Gasteiger partial charge in [0.15, 0.2) is 0 Å². The standard InChI is InChI=1S/C14H14BrN3O3.ClH/c15-8-1-2-10-11(5-8)14(21)18(13(10)20)7-12(19)17-9-3-4-16-6-9;/h1-2,5,9,16H,3-4,6-7H2,(H,17,19);1H. The number of fused-ring (bicyclic) bond motifs is 1. The molecule has 2 aliphatic heterocycles. The van der Waals surface area contributed by atoms with Crippen LogP contribution in [0.1, 0.15) is 27.1 Å². The van der Waals surface area contributed by atoms with Crippen LogP contribution in [0.25, 0.3) is 0 Å². The summed E-state index contributed by atoms with van der Waals surface area (Å²) in [4.78, 5) is 37.4. The Bertz CT molecular complexity index is 632. The first-order chi connectivity index (χ1) is 10.1. The third-order valence-corrected chi connectivity index (χ3v) is 4.15. The molecule has 0 bridgehead atoms. The lowest BCUT2D eigenvalue weighted by Gasteiger charge is -2.16. The molecule has 1 aromatic carbocycles. The molecular weight excluding hydrogens is 374 g/mol. The largest absolute Gasteiger partial charge is 0.350 e. The molecule has 1 fully saturated rings. The average Bonchev–Trinajstić information content (AvgIpc) is 3.02. The van der Waals surface area contributed by atoms with Crippen LogP contribution in [0.5, 0.6) is 0 Å². The van der Waals surface area contributed by atoms with Gasteiger partial charge in [-0.15, -0.1) is 12.4 Å². The molecule has 0 aliphatic carbocycles. The van der Waals surface area contributed by atoms with Crippen molar-refractivity contribution < 1.29 is 14.4 Å². The summed E-state index contributed by atoms with van der Waals surface area (Å²) in [6.07, 6.45) is 0.862. The fraction of sp³-hybridized carbons (Fsp3) is 0.357. The second-order valence-corrected chi connectivity index (χ2v) is 6.06. The van der Waals surface area contributed by atoms with Crippen molar-refractivity contribution in [3.8, 4) is 0 Å². The lowest BCUT2D eigenvalue weighted by atomic mass is 10.1. The summed E-state index contributed by atoms with van der Waals surface area (Å²) in [7, 11) is 0. The van der Waals surface area contributed by atoms with Gasteiger partial charge in [0.1, 0.15) is 6.54 Å². The van der Waals surface area contributed by atoms with E-state index < -0.39 is 11.8 Å². The summed E-state index contributed by atoms with van der Waals surface area (Å²) in [6.45, 7) is 1.35. The van der Waals surface area contributed by atoms with E-state index in [1.165, 1.54) is 0 Å². The van der Waals surface area contributed by atoms with Gasteiger partial charge in [0.2, 0.25) is 5.91 Å². The zero-order valence-corrected chi connectivity index (χ0v) is 14.0. The van der Waals surface area contributed by atoms with Crippen molar-refractivity contribution in [1.82, 2.24) is 15.5 Å². The Morgan fingerprint density at radius 2 is 2.05 bits per heavy atom. The number of nitrogens with one attached hydrogen (secondary N) is 2. The molecule has 1 saturated heterocycles. The summed E-state index contributed by atoms with van der Waals surface area (Å²) < 4.78 is 0.728. The Morgan fingerprint density at radius 3 is 2.73 bits per heavy atom. The molecule has 0 spiro atoms. The number of imide groups is 1. The molecule has 118 valence electrons. The zero-order chi connectivity index (χ0) is 15.0. The summed E-state index contributed by atoms with van der Waals surface area (Å²) >= 11 is 3.27. The maximum absolute atomic E-state index is 12.2. The second kappa shape index (κ2) is 6.76. The lowest BCUT2D eigenvalue weighted by Crippen LogP contribution is -2.44. The van der Waals surface area contributed by atoms with Gasteiger partial charge >= 0.3 is 0 Å². The maximum atomic E-state index is 12.2. The molecule has 0 aromatic heterocycles. The minimum atomic E-state index is -0.420. The molecule has 2 aliphatic rings. The molecule has 2 N–H and O–H groups in total. The number of amides is 3. The molecule has 0 radical (unpaired) electrons. The molecule has 1 atom stereocenters. The molecule has 3 rings (SSSR count). The number of halogens is 2. The van der Waals surface area contributed by atoms with Crippen molar-refractivity contribution in [2.45, 2.75) is 12.5 Å². The number of carbonyl (C=O) groups excluding carboxylic acids is 3. The third-order valence-electron chi connectivity index (χ3n) is 3.66. The zero-order valence-electron chi connectivity index (χ0n) is 11.6. The van der Waals surface area contributed by atoms with Gasteiger partial charge in [-0.1, -0.05) is 15.9 Å². The van der Waals surface area contributed by atoms with Crippen LogP contribution >= 0.6 is 28.3 Å². The Labute approximate surface area is 142 Å². The highest BCUT2D eigenvalue weighted by atomic mass is 79.9. The number of hydrogen-bond acceptors (Lipinski definition) is 4. The topological polar surface area (TPSA) is 78.5 Å². The SMILES string of the molecule is Cl.O=C(CN1C(=O)c2ccc(Br)cc2C1=O)NC1CCNC1. The molecule has 1 aromatic rings. The molecule has 3 amide bonds. The molecule has 6 nitrogen and oxygen atoms in total. The highest BCUT2D eigenvalue weighted by Crippen LogP contribution is 2.25. The maximum Gasteiger partial charge on any atom is 0.262 e. The highest BCUT2D eigenvalue weighted by molar-refractivity contribution is 9.10. The van der Waals surface area contributed by atoms with Crippen LogP contribution in [-0.2, 0) is 4.79 Å². The summed E-state index contributed by atoms with van der Waals surface area (Å²) in [5, 5.41) is 5.97. The van der Waals surface area contributed by atoms with Crippen molar-refractivity contribution in [3.63, 3.8) is 0 Å². The van der Waals surface area contributed by atoms with E-state index in [0.717, 1.165) is 28.9 Å². The van der Waals surface area contributed by atoms with Crippen LogP contribution < -0.4 is 10.6 Å². The average molecular weight is 389 g/mol. The van der Waals surface area contributed by atoms with Crippen LogP contribution in [0.2, 0.25) is 0 Å². The summed E-state index contributed by atoms with van der Waals surface area (Å²) in [5.41, 5.74) is 0.684. The smallest absolute Gasteiger partial charge is 0.262 e. The number of nitrogens with zero attached hydrogens (tertiary/aromatic N) is 1. The van der Waals surface area contributed by atoms with Gasteiger partial charge in [0, 0.05) is 17.1 Å². The van der Waals surface area contributed by atoms with Gasteiger partial charge in [-0.2, -0.15) is 0 Å². The summed E-state index contributed by atoms with van der Waals surface area (Å²) in [5.74, 6) is -1.14. The monoisotopic (exact) mass is 387 g/mol. The highest BCUT2D eigenvalue weighted by Gasteiger charge is 2.36. The number of carbonyl (C=O) groups is 3. The number of benzene rings is 1. The van der Waals surface area contributed by atoms with Crippen molar-refractivity contribution in [2.75, 3.05) is 19.6 Å². The van der Waals surface area contributed by atoms with Crippen molar-refractivity contribution in [2.24, 2.45) is 0 Å². The van der Waals surface area contributed by atoms with Crippen molar-refractivity contribution in [1.29, 1.82) is 0 Å². The van der Waals surface area contributed by atoms with E-state index in [1.54, 1.807) is 18.2 Å². The summed E-state index contributed by atoms with van der Waals surface area (Å²) in [6, 6.07) is 4.98. The Morgan fingerprint density at radius 1 is 1.32 bits per heavy atom. The first kappa shape index (κ1) is 16.9. The van der Waals surface area contributed by atoms with Crippen LogP contribution in [0, 0.1) is 0 Å². The van der Waals surface area contributed by atoms with E-state index in [0.29, 0.717) is 11.1 Å². The fourth-order valence-corrected chi connectivity index (χ4v) is 2.96. The van der Waals surface area contributed by atoms with Crippen LogP contribution in [0.15, 0.2) is 22.7 Å². The van der Waals surface area contributed by atoms with Crippen molar-refractivity contribution in [3.05, 3.63) is 33.8 Å². The van der Waals surface area contributed by atoms with E-state index in [1.807, 2.05) is 0 Å². The van der Waals surface area contributed by atoms with Crippen LogP contribution in [0.4, 0.5) is 0 Å². The predicted octanol–water partition coefficient (Wildman–Crippen LogP) is 0.945. The minimum absolute atomic E-state index is 0. The van der Waals surface area contributed by atoms with Crippen LogP contribution in [-0.4, -0.2) is 48.3 Å². The Kier molecular flexibility index (Phi) is 5.20. The van der Waals surface area contributed by atoms with E-state index >= 15 is 0 Å². The van der Waals surface area contributed by atoms with Gasteiger partial charge in [0.25, 0.3) is 11.8 Å². The number of rotatable bonds is 3. The Balaban J connectivity index is 0.00000176. The molecule has 22 heavy (non-hydrogen) atoms. The lowest BCUT2D eigenvalue weighted by molar-refractivity contribution is -0.122. The second-order valence-electron chi connectivity index (χ2n) is 5.14. The number of hydrogen-bond donors (Lipinski definition) is 2. The minimum Gasteiger partial charge on any atom is -0.350 e. The normalized spacial score (nSPS) is 19.9. The van der Waals surface area contributed by atoms with Gasteiger partial charge < -0.3 is 10.6 Å². The third kappa shape index (κ3) is 3.16. The van der Waals surface area contributed by atoms with E-state index in [2.05, 4.69) is 26.6 Å². The van der Waals surface area contributed by atoms with Gasteiger partial charge in [-0.3, -0.25) is 19.3 Å². The van der Waals surface area contributed by atoms with Crippen molar-refractivity contribution >= 4 is 46.1 Å². The molecule has 1 unspecified atom stereocenters.